The van der Waals surface area contributed by atoms with Crippen molar-refractivity contribution in [3.05, 3.63) is 29.1 Å². The molecule has 0 saturated carbocycles. The molecule has 0 saturated heterocycles. The third kappa shape index (κ3) is 1.82. The quantitative estimate of drug-likeness (QED) is 0.610. The Morgan fingerprint density at radius 2 is 1.79 bits per heavy atom. The monoisotopic (exact) mass is 189 g/mol. The Hall–Kier alpha value is -0.850. The molecule has 0 aliphatic heterocycles. The molecule has 0 fully saturated rings. The van der Waals surface area contributed by atoms with Crippen molar-refractivity contribution in [2.75, 3.05) is 0 Å². The zero-order valence-corrected chi connectivity index (χ0v) is 9.43. The van der Waals surface area contributed by atoms with E-state index in [4.69, 9.17) is 4.98 Å². The molecule has 14 heavy (non-hydrogen) atoms. The smallest absolute Gasteiger partial charge is 0.0460 e. The van der Waals surface area contributed by atoms with Crippen LogP contribution in [-0.4, -0.2) is 4.98 Å². The molecule has 1 aliphatic carbocycles. The molecule has 0 amide bonds. The maximum Gasteiger partial charge on any atom is 0.0460 e. The van der Waals surface area contributed by atoms with E-state index >= 15 is 0 Å². The van der Waals surface area contributed by atoms with Gasteiger partial charge in [0.1, 0.15) is 0 Å². The van der Waals surface area contributed by atoms with Crippen LogP contribution in [0.5, 0.6) is 0 Å². The van der Waals surface area contributed by atoms with E-state index in [0.29, 0.717) is 0 Å². The molecule has 2 rings (SSSR count). The molecule has 0 N–H and O–H groups in total. The van der Waals surface area contributed by atoms with Gasteiger partial charge in [0, 0.05) is 16.8 Å². The minimum absolute atomic E-state index is 0.187. The van der Waals surface area contributed by atoms with E-state index < -0.39 is 0 Å². The molecule has 0 spiro atoms. The van der Waals surface area contributed by atoms with Gasteiger partial charge in [0.15, 0.2) is 0 Å². The average Bonchev–Trinajstić information content (AvgIpc) is 2.16. The fourth-order valence-corrected chi connectivity index (χ4v) is 2.00. The molecule has 76 valence electrons. The number of fused-ring (bicyclic) bond motifs is 1. The zero-order valence-electron chi connectivity index (χ0n) is 9.43. The highest BCUT2D eigenvalue weighted by molar-refractivity contribution is 5.27. The minimum atomic E-state index is 0.187. The van der Waals surface area contributed by atoms with Gasteiger partial charge in [0.2, 0.25) is 0 Å². The Morgan fingerprint density at radius 1 is 1.07 bits per heavy atom. The van der Waals surface area contributed by atoms with E-state index in [9.17, 15) is 0 Å². The van der Waals surface area contributed by atoms with Crippen molar-refractivity contribution < 1.29 is 0 Å². The number of pyridine rings is 1. The van der Waals surface area contributed by atoms with Crippen molar-refractivity contribution in [3.63, 3.8) is 0 Å². The molecule has 1 aliphatic rings. The van der Waals surface area contributed by atoms with Crippen molar-refractivity contribution in [1.29, 1.82) is 0 Å². The molecular formula is C13H19N. The van der Waals surface area contributed by atoms with Gasteiger partial charge in [-0.3, -0.25) is 4.98 Å². The highest BCUT2D eigenvalue weighted by Crippen LogP contribution is 2.25. The first-order chi connectivity index (χ1) is 6.57. The first-order valence-corrected chi connectivity index (χ1v) is 5.57. The number of aromatic nitrogens is 1. The van der Waals surface area contributed by atoms with Crippen molar-refractivity contribution in [2.24, 2.45) is 0 Å². The molecule has 1 heterocycles. The standard InChI is InChI=1S/C13H19N/c1-13(2,3)12-9-8-10-6-4-5-7-11(10)14-12/h8-9H,4-7H2,1-3H3. The summed E-state index contributed by atoms with van der Waals surface area (Å²) in [6, 6.07) is 4.48. The van der Waals surface area contributed by atoms with Gasteiger partial charge < -0.3 is 0 Å². The van der Waals surface area contributed by atoms with Gasteiger partial charge in [-0.1, -0.05) is 26.8 Å². The minimum Gasteiger partial charge on any atom is -0.257 e. The van der Waals surface area contributed by atoms with Gasteiger partial charge in [-0.15, -0.1) is 0 Å². The molecule has 1 heteroatoms. The number of nitrogens with zero attached hydrogens (tertiary/aromatic N) is 1. The van der Waals surface area contributed by atoms with Crippen molar-refractivity contribution >= 4 is 0 Å². The Balaban J connectivity index is 2.39. The third-order valence-corrected chi connectivity index (χ3v) is 2.95. The summed E-state index contributed by atoms with van der Waals surface area (Å²) >= 11 is 0. The summed E-state index contributed by atoms with van der Waals surface area (Å²) < 4.78 is 0. The summed E-state index contributed by atoms with van der Waals surface area (Å²) in [6.07, 6.45) is 5.06. The molecule has 0 aromatic carbocycles. The molecule has 0 bridgehead atoms. The van der Waals surface area contributed by atoms with E-state index in [1.54, 1.807) is 0 Å². The molecule has 0 unspecified atom stereocenters. The molecule has 0 atom stereocenters. The first-order valence-electron chi connectivity index (χ1n) is 5.57. The van der Waals surface area contributed by atoms with Gasteiger partial charge in [-0.05, 0) is 37.3 Å². The number of rotatable bonds is 0. The van der Waals surface area contributed by atoms with E-state index in [1.165, 1.54) is 42.6 Å². The lowest BCUT2D eigenvalue weighted by molar-refractivity contribution is 0.557. The summed E-state index contributed by atoms with van der Waals surface area (Å²) in [4.78, 5) is 4.78. The van der Waals surface area contributed by atoms with Crippen LogP contribution >= 0.6 is 0 Å². The van der Waals surface area contributed by atoms with E-state index in [0.717, 1.165) is 0 Å². The van der Waals surface area contributed by atoms with Gasteiger partial charge in [0.25, 0.3) is 0 Å². The van der Waals surface area contributed by atoms with Crippen molar-refractivity contribution in [1.82, 2.24) is 4.98 Å². The van der Waals surface area contributed by atoms with Gasteiger partial charge in [0.05, 0.1) is 0 Å². The van der Waals surface area contributed by atoms with Crippen molar-refractivity contribution in [2.45, 2.75) is 51.9 Å². The topological polar surface area (TPSA) is 12.9 Å². The van der Waals surface area contributed by atoms with E-state index in [2.05, 4.69) is 32.9 Å². The maximum atomic E-state index is 4.78. The average molecular weight is 189 g/mol. The fourth-order valence-electron chi connectivity index (χ4n) is 2.00. The van der Waals surface area contributed by atoms with Gasteiger partial charge in [-0.2, -0.15) is 0 Å². The fraction of sp³-hybridized carbons (Fsp3) is 0.615. The number of hydrogen-bond acceptors (Lipinski definition) is 1. The van der Waals surface area contributed by atoms with Crippen LogP contribution in [0.4, 0.5) is 0 Å². The lowest BCUT2D eigenvalue weighted by Gasteiger charge is -2.21. The molecule has 0 radical (unpaired) electrons. The van der Waals surface area contributed by atoms with Crippen LogP contribution in [0.2, 0.25) is 0 Å². The zero-order chi connectivity index (χ0) is 10.2. The van der Waals surface area contributed by atoms with Crippen LogP contribution in [0.25, 0.3) is 0 Å². The van der Waals surface area contributed by atoms with Gasteiger partial charge >= 0.3 is 0 Å². The summed E-state index contributed by atoms with van der Waals surface area (Å²) in [5.74, 6) is 0. The Bertz CT molecular complexity index is 334. The summed E-state index contributed by atoms with van der Waals surface area (Å²) in [6.45, 7) is 6.68. The second-order valence-electron chi connectivity index (χ2n) is 5.26. The lowest BCUT2D eigenvalue weighted by Crippen LogP contribution is -2.16. The number of aryl methyl sites for hydroxylation is 2. The Labute approximate surface area is 86.6 Å². The lowest BCUT2D eigenvalue weighted by atomic mass is 9.89. The van der Waals surface area contributed by atoms with Crippen LogP contribution in [0.3, 0.4) is 0 Å². The predicted octanol–water partition coefficient (Wildman–Crippen LogP) is 3.26. The second kappa shape index (κ2) is 3.38. The Kier molecular flexibility index (Phi) is 2.34. The normalized spacial score (nSPS) is 16.5. The van der Waals surface area contributed by atoms with E-state index in [1.807, 2.05) is 0 Å². The van der Waals surface area contributed by atoms with Crippen LogP contribution in [0.15, 0.2) is 12.1 Å². The van der Waals surface area contributed by atoms with Crippen LogP contribution in [-0.2, 0) is 18.3 Å². The maximum absolute atomic E-state index is 4.78. The van der Waals surface area contributed by atoms with Crippen LogP contribution in [0.1, 0.15) is 50.6 Å². The van der Waals surface area contributed by atoms with Gasteiger partial charge in [-0.25, -0.2) is 0 Å². The molecule has 1 nitrogen and oxygen atoms in total. The highest BCUT2D eigenvalue weighted by atomic mass is 14.7. The molecular weight excluding hydrogens is 170 g/mol. The SMILES string of the molecule is CC(C)(C)c1ccc2c(n1)CCCC2. The number of hydrogen-bond donors (Lipinski definition) is 0. The third-order valence-electron chi connectivity index (χ3n) is 2.95. The first kappa shape index (κ1) is 9.70. The second-order valence-corrected chi connectivity index (χ2v) is 5.26. The Morgan fingerprint density at radius 3 is 2.50 bits per heavy atom. The van der Waals surface area contributed by atoms with Crippen LogP contribution < -0.4 is 0 Å². The molecule has 1 aromatic heterocycles. The predicted molar refractivity (Wildman–Crippen MR) is 59.6 cm³/mol. The van der Waals surface area contributed by atoms with Crippen molar-refractivity contribution in [3.8, 4) is 0 Å². The molecule has 1 aromatic rings. The largest absolute Gasteiger partial charge is 0.257 e. The van der Waals surface area contributed by atoms with E-state index in [-0.39, 0.29) is 5.41 Å². The highest BCUT2D eigenvalue weighted by Gasteiger charge is 2.18. The summed E-state index contributed by atoms with van der Waals surface area (Å²) in [5, 5.41) is 0. The summed E-state index contributed by atoms with van der Waals surface area (Å²) in [5.41, 5.74) is 4.25. The summed E-state index contributed by atoms with van der Waals surface area (Å²) in [7, 11) is 0. The van der Waals surface area contributed by atoms with Crippen LogP contribution in [0, 0.1) is 0 Å².